The van der Waals surface area contributed by atoms with Crippen LogP contribution >= 0.6 is 0 Å². The lowest BCUT2D eigenvalue weighted by molar-refractivity contribution is -0.114. The largest absolute Gasteiger partial charge is 0.495 e. The maximum absolute atomic E-state index is 13.0. The fraction of sp³-hybridized carbons (Fsp3) is 0.278. The van der Waals surface area contributed by atoms with Gasteiger partial charge >= 0.3 is 0 Å². The summed E-state index contributed by atoms with van der Waals surface area (Å²) >= 11 is 0. The highest BCUT2D eigenvalue weighted by Gasteiger charge is 2.24. The van der Waals surface area contributed by atoms with Crippen LogP contribution in [0.5, 0.6) is 5.75 Å². The van der Waals surface area contributed by atoms with Crippen LogP contribution in [-0.2, 0) is 21.4 Å². The summed E-state index contributed by atoms with van der Waals surface area (Å²) in [6.45, 7) is 3.76. The van der Waals surface area contributed by atoms with Crippen LogP contribution in [0.15, 0.2) is 53.4 Å². The van der Waals surface area contributed by atoms with Crippen molar-refractivity contribution in [1.29, 1.82) is 0 Å². The van der Waals surface area contributed by atoms with Gasteiger partial charge in [-0.2, -0.15) is 4.31 Å². The number of nitrogens with one attached hydrogen (secondary N) is 1. The monoisotopic (exact) mass is 362 g/mol. The molecule has 0 saturated carbocycles. The molecule has 0 radical (unpaired) electrons. The Hall–Kier alpha value is -2.38. The molecule has 0 aliphatic heterocycles. The first kappa shape index (κ1) is 19.0. The third kappa shape index (κ3) is 4.58. The Morgan fingerprint density at radius 2 is 1.84 bits per heavy atom. The van der Waals surface area contributed by atoms with Gasteiger partial charge < -0.3 is 10.1 Å². The molecule has 0 aliphatic carbocycles. The van der Waals surface area contributed by atoms with Gasteiger partial charge in [-0.25, -0.2) is 8.42 Å². The number of sulfonamides is 1. The zero-order chi connectivity index (χ0) is 18.4. The van der Waals surface area contributed by atoms with Gasteiger partial charge in [-0.1, -0.05) is 37.3 Å². The quantitative estimate of drug-likeness (QED) is 0.822. The van der Waals surface area contributed by atoms with Crippen molar-refractivity contribution in [3.05, 3.63) is 54.1 Å². The summed E-state index contributed by atoms with van der Waals surface area (Å²) in [5.74, 6) is 0.102. The van der Waals surface area contributed by atoms with Crippen molar-refractivity contribution in [2.75, 3.05) is 19.0 Å². The van der Waals surface area contributed by atoms with E-state index in [0.29, 0.717) is 18.0 Å². The third-order valence-corrected chi connectivity index (χ3v) is 5.59. The highest BCUT2D eigenvalue weighted by atomic mass is 32.2. The van der Waals surface area contributed by atoms with E-state index in [0.717, 1.165) is 5.56 Å². The molecule has 2 rings (SSSR count). The van der Waals surface area contributed by atoms with Crippen LogP contribution in [0.4, 0.5) is 5.69 Å². The minimum atomic E-state index is -3.71. The van der Waals surface area contributed by atoms with Gasteiger partial charge in [0.1, 0.15) is 5.75 Å². The van der Waals surface area contributed by atoms with Crippen LogP contribution in [0.25, 0.3) is 0 Å². The van der Waals surface area contributed by atoms with E-state index >= 15 is 0 Å². The second-order valence-electron chi connectivity index (χ2n) is 5.46. The number of amides is 1. The lowest BCUT2D eigenvalue weighted by Gasteiger charge is -2.21. The van der Waals surface area contributed by atoms with Gasteiger partial charge in [0.05, 0.1) is 17.7 Å². The fourth-order valence-corrected chi connectivity index (χ4v) is 3.90. The number of nitrogens with zero attached hydrogens (tertiary/aromatic N) is 1. The zero-order valence-corrected chi connectivity index (χ0v) is 15.3. The molecule has 0 atom stereocenters. The van der Waals surface area contributed by atoms with E-state index < -0.39 is 10.0 Å². The SMILES string of the molecule is CCN(Cc1ccccc1)S(=O)(=O)c1ccc(OC)c(NC(C)=O)c1. The molecule has 134 valence electrons. The van der Waals surface area contributed by atoms with Crippen LogP contribution in [0.3, 0.4) is 0 Å². The van der Waals surface area contributed by atoms with Crippen molar-refractivity contribution in [2.24, 2.45) is 0 Å². The first-order valence-electron chi connectivity index (χ1n) is 7.88. The Kier molecular flexibility index (Phi) is 6.17. The normalized spacial score (nSPS) is 11.4. The average molecular weight is 362 g/mol. The van der Waals surface area contributed by atoms with Crippen molar-refractivity contribution >= 4 is 21.6 Å². The minimum Gasteiger partial charge on any atom is -0.495 e. The number of carbonyl (C=O) groups excluding carboxylic acids is 1. The van der Waals surface area contributed by atoms with Crippen molar-refractivity contribution in [3.8, 4) is 5.75 Å². The molecule has 0 fully saturated rings. The molecular formula is C18H22N2O4S. The Bertz CT molecular complexity index is 835. The zero-order valence-electron chi connectivity index (χ0n) is 14.5. The van der Waals surface area contributed by atoms with Gasteiger partial charge in [-0.15, -0.1) is 0 Å². The number of ether oxygens (including phenoxy) is 1. The highest BCUT2D eigenvalue weighted by molar-refractivity contribution is 7.89. The van der Waals surface area contributed by atoms with Crippen LogP contribution < -0.4 is 10.1 Å². The number of hydrogen-bond donors (Lipinski definition) is 1. The summed E-state index contributed by atoms with van der Waals surface area (Å²) in [6, 6.07) is 13.8. The summed E-state index contributed by atoms with van der Waals surface area (Å²) in [6.07, 6.45) is 0. The molecular weight excluding hydrogens is 340 g/mol. The summed E-state index contributed by atoms with van der Waals surface area (Å²) in [5, 5.41) is 2.60. The molecule has 0 unspecified atom stereocenters. The van der Waals surface area contributed by atoms with E-state index in [4.69, 9.17) is 4.74 Å². The molecule has 0 aliphatic rings. The molecule has 2 aromatic rings. The first-order valence-corrected chi connectivity index (χ1v) is 9.32. The first-order chi connectivity index (χ1) is 11.9. The highest BCUT2D eigenvalue weighted by Crippen LogP contribution is 2.29. The van der Waals surface area contributed by atoms with E-state index in [1.807, 2.05) is 30.3 Å². The standard InChI is InChI=1S/C18H22N2O4S/c1-4-20(13-15-8-6-5-7-9-15)25(22,23)16-10-11-18(24-3)17(12-16)19-14(2)21/h5-12H,4,13H2,1-3H3,(H,19,21). The smallest absolute Gasteiger partial charge is 0.243 e. The number of carbonyl (C=O) groups is 1. The van der Waals surface area contributed by atoms with Crippen molar-refractivity contribution in [1.82, 2.24) is 4.31 Å². The molecule has 7 heteroatoms. The molecule has 25 heavy (non-hydrogen) atoms. The lowest BCUT2D eigenvalue weighted by atomic mass is 10.2. The topological polar surface area (TPSA) is 75.7 Å². The molecule has 6 nitrogen and oxygen atoms in total. The molecule has 0 bridgehead atoms. The molecule has 0 heterocycles. The van der Waals surface area contributed by atoms with Gasteiger partial charge in [-0.05, 0) is 23.8 Å². The van der Waals surface area contributed by atoms with Crippen molar-refractivity contribution < 1.29 is 17.9 Å². The number of benzene rings is 2. The Morgan fingerprint density at radius 3 is 2.40 bits per heavy atom. The summed E-state index contributed by atoms with van der Waals surface area (Å²) in [4.78, 5) is 11.5. The Labute approximate surface area is 148 Å². The van der Waals surface area contributed by atoms with E-state index in [-0.39, 0.29) is 17.3 Å². The Morgan fingerprint density at radius 1 is 1.16 bits per heavy atom. The third-order valence-electron chi connectivity index (χ3n) is 3.67. The number of rotatable bonds is 7. The van der Waals surface area contributed by atoms with Crippen molar-refractivity contribution in [3.63, 3.8) is 0 Å². The van der Waals surface area contributed by atoms with Crippen LogP contribution in [0.2, 0.25) is 0 Å². The van der Waals surface area contributed by atoms with E-state index in [1.54, 1.807) is 6.92 Å². The lowest BCUT2D eigenvalue weighted by Crippen LogP contribution is -2.30. The van der Waals surface area contributed by atoms with E-state index in [2.05, 4.69) is 5.32 Å². The van der Waals surface area contributed by atoms with Gasteiger partial charge in [0, 0.05) is 20.0 Å². The second kappa shape index (κ2) is 8.13. The predicted octanol–water partition coefficient (Wildman–Crippen LogP) is 2.86. The molecule has 0 saturated heterocycles. The maximum atomic E-state index is 13.0. The molecule has 1 amide bonds. The number of methoxy groups -OCH3 is 1. The van der Waals surface area contributed by atoms with E-state index in [1.165, 1.54) is 36.5 Å². The van der Waals surface area contributed by atoms with Gasteiger partial charge in [-0.3, -0.25) is 4.79 Å². The average Bonchev–Trinajstić information content (AvgIpc) is 2.59. The summed E-state index contributed by atoms with van der Waals surface area (Å²) in [5.41, 5.74) is 1.23. The number of anilines is 1. The molecule has 1 N–H and O–H groups in total. The summed E-state index contributed by atoms with van der Waals surface area (Å²) in [7, 11) is -2.25. The molecule has 0 aromatic heterocycles. The van der Waals surface area contributed by atoms with Gasteiger partial charge in [0.25, 0.3) is 0 Å². The minimum absolute atomic E-state index is 0.106. The van der Waals surface area contributed by atoms with Crippen LogP contribution in [-0.4, -0.2) is 32.3 Å². The maximum Gasteiger partial charge on any atom is 0.243 e. The van der Waals surface area contributed by atoms with Crippen LogP contribution in [0, 0.1) is 0 Å². The van der Waals surface area contributed by atoms with Crippen LogP contribution in [0.1, 0.15) is 19.4 Å². The second-order valence-corrected chi connectivity index (χ2v) is 7.40. The van der Waals surface area contributed by atoms with E-state index in [9.17, 15) is 13.2 Å². The molecule has 2 aromatic carbocycles. The van der Waals surface area contributed by atoms with Gasteiger partial charge in [0.15, 0.2) is 0 Å². The fourth-order valence-electron chi connectivity index (χ4n) is 2.44. The Balaban J connectivity index is 2.38. The van der Waals surface area contributed by atoms with Gasteiger partial charge in [0.2, 0.25) is 15.9 Å². The molecule has 0 spiro atoms. The van der Waals surface area contributed by atoms with Crippen molar-refractivity contribution in [2.45, 2.75) is 25.3 Å². The summed E-state index contributed by atoms with van der Waals surface area (Å²) < 4.78 is 32.5. The predicted molar refractivity (Wildman–Crippen MR) is 97.0 cm³/mol. The number of hydrogen-bond acceptors (Lipinski definition) is 4.